The number of phenolic OH excluding ortho intramolecular Hbond substituents is 1. The summed E-state index contributed by atoms with van der Waals surface area (Å²) in [7, 11) is 3.06. The van der Waals surface area contributed by atoms with E-state index in [-0.39, 0.29) is 23.8 Å². The second-order valence-electron chi connectivity index (χ2n) is 5.10. The average Bonchev–Trinajstić information content (AvgIpc) is 2.57. The fourth-order valence-electron chi connectivity index (χ4n) is 2.05. The van der Waals surface area contributed by atoms with Gasteiger partial charge in [-0.05, 0) is 42.5 Å². The molecule has 0 saturated carbocycles. The average molecular weight is 393 g/mol. The Morgan fingerprint density at radius 3 is 2.50 bits per heavy atom. The van der Waals surface area contributed by atoms with Gasteiger partial charge in [-0.15, -0.1) is 0 Å². The molecule has 126 valence electrons. The second kappa shape index (κ2) is 7.83. The van der Waals surface area contributed by atoms with E-state index < -0.39 is 5.91 Å². The molecule has 6 nitrogen and oxygen atoms in total. The minimum Gasteiger partial charge on any atom is -0.507 e. The van der Waals surface area contributed by atoms with Crippen molar-refractivity contribution in [3.05, 3.63) is 52.5 Å². The molecule has 2 N–H and O–H groups in total. The summed E-state index contributed by atoms with van der Waals surface area (Å²) in [5.41, 5.74) is 0.732. The first-order valence-electron chi connectivity index (χ1n) is 7.08. The van der Waals surface area contributed by atoms with Crippen molar-refractivity contribution >= 4 is 33.4 Å². The van der Waals surface area contributed by atoms with Crippen molar-refractivity contribution in [1.29, 1.82) is 0 Å². The molecular formula is C17H17BrN2O4. The van der Waals surface area contributed by atoms with Gasteiger partial charge in [0.15, 0.2) is 0 Å². The molecule has 2 rings (SSSR count). The van der Waals surface area contributed by atoms with Crippen molar-refractivity contribution in [2.45, 2.75) is 0 Å². The highest BCUT2D eigenvalue weighted by Gasteiger charge is 2.18. The van der Waals surface area contributed by atoms with Crippen LogP contribution in [-0.4, -0.2) is 42.5 Å². The summed E-state index contributed by atoms with van der Waals surface area (Å²) in [4.78, 5) is 25.6. The molecule has 7 heteroatoms. The number of amides is 2. The fourth-order valence-corrected chi connectivity index (χ4v) is 2.41. The monoisotopic (exact) mass is 392 g/mol. The molecule has 0 aliphatic heterocycles. The summed E-state index contributed by atoms with van der Waals surface area (Å²) in [6, 6.07) is 11.4. The summed E-state index contributed by atoms with van der Waals surface area (Å²) in [6.45, 7) is -0.142. The molecule has 0 aliphatic carbocycles. The Kier molecular flexibility index (Phi) is 5.81. The molecule has 0 heterocycles. The van der Waals surface area contributed by atoms with Gasteiger partial charge < -0.3 is 20.1 Å². The van der Waals surface area contributed by atoms with Crippen LogP contribution in [0.3, 0.4) is 0 Å². The van der Waals surface area contributed by atoms with Gasteiger partial charge in [0.05, 0.1) is 19.2 Å². The molecule has 0 spiro atoms. The summed E-state index contributed by atoms with van der Waals surface area (Å²) in [5.74, 6) is -0.236. The number of nitrogens with one attached hydrogen (secondary N) is 1. The SMILES string of the molecule is COc1ccc(NC(=O)CN(C)C(=O)c2cc(Br)ccc2O)cc1. The van der Waals surface area contributed by atoms with E-state index in [9.17, 15) is 14.7 Å². The zero-order chi connectivity index (χ0) is 17.7. The molecule has 2 aromatic carbocycles. The van der Waals surface area contributed by atoms with Crippen molar-refractivity contribution in [3.8, 4) is 11.5 Å². The number of halogens is 1. The van der Waals surface area contributed by atoms with Crippen LogP contribution in [0.15, 0.2) is 46.9 Å². The number of ether oxygens (including phenoxy) is 1. The van der Waals surface area contributed by atoms with Gasteiger partial charge in [-0.1, -0.05) is 15.9 Å². The highest BCUT2D eigenvalue weighted by molar-refractivity contribution is 9.10. The third-order valence-electron chi connectivity index (χ3n) is 3.29. The lowest BCUT2D eigenvalue weighted by Gasteiger charge is -2.17. The van der Waals surface area contributed by atoms with E-state index in [2.05, 4.69) is 21.2 Å². The quantitative estimate of drug-likeness (QED) is 0.819. The molecule has 0 bridgehead atoms. The first kappa shape index (κ1) is 17.8. The summed E-state index contributed by atoms with van der Waals surface area (Å²) in [5, 5.41) is 12.5. The number of carbonyl (C=O) groups excluding carboxylic acids is 2. The molecule has 0 aliphatic rings. The molecule has 0 radical (unpaired) electrons. The standard InChI is InChI=1S/C17H17BrN2O4/c1-20(17(23)14-9-11(18)3-8-15(14)21)10-16(22)19-12-4-6-13(24-2)7-5-12/h3-9,21H,10H2,1-2H3,(H,19,22). The molecular weight excluding hydrogens is 376 g/mol. The highest BCUT2D eigenvalue weighted by atomic mass is 79.9. The first-order valence-corrected chi connectivity index (χ1v) is 7.88. The lowest BCUT2D eigenvalue weighted by atomic mass is 10.2. The minimum atomic E-state index is -0.446. The van der Waals surface area contributed by atoms with Crippen molar-refractivity contribution in [1.82, 2.24) is 4.90 Å². The Hall–Kier alpha value is -2.54. The van der Waals surface area contributed by atoms with Gasteiger partial charge in [-0.25, -0.2) is 0 Å². The molecule has 0 atom stereocenters. The third kappa shape index (κ3) is 4.48. The Morgan fingerprint density at radius 1 is 1.21 bits per heavy atom. The smallest absolute Gasteiger partial charge is 0.257 e. The normalized spacial score (nSPS) is 10.1. The van der Waals surface area contributed by atoms with E-state index in [4.69, 9.17) is 4.74 Å². The Balaban J connectivity index is 1.99. The van der Waals surface area contributed by atoms with Gasteiger partial charge in [0, 0.05) is 17.2 Å². The van der Waals surface area contributed by atoms with E-state index in [1.165, 1.54) is 24.1 Å². The second-order valence-corrected chi connectivity index (χ2v) is 6.02. The highest BCUT2D eigenvalue weighted by Crippen LogP contribution is 2.23. The predicted octanol–water partition coefficient (Wildman–Crippen LogP) is 2.87. The van der Waals surface area contributed by atoms with Crippen LogP contribution >= 0.6 is 15.9 Å². The third-order valence-corrected chi connectivity index (χ3v) is 3.78. The number of methoxy groups -OCH3 is 1. The van der Waals surface area contributed by atoms with E-state index >= 15 is 0 Å². The molecule has 0 saturated heterocycles. The van der Waals surface area contributed by atoms with Crippen molar-refractivity contribution in [3.63, 3.8) is 0 Å². The number of phenols is 1. The molecule has 0 aromatic heterocycles. The Bertz CT molecular complexity index is 747. The van der Waals surface area contributed by atoms with E-state index in [0.29, 0.717) is 15.9 Å². The lowest BCUT2D eigenvalue weighted by Crippen LogP contribution is -2.35. The molecule has 24 heavy (non-hydrogen) atoms. The number of nitrogens with zero attached hydrogens (tertiary/aromatic N) is 1. The van der Waals surface area contributed by atoms with Crippen LogP contribution in [0.1, 0.15) is 10.4 Å². The number of benzene rings is 2. The van der Waals surface area contributed by atoms with Gasteiger partial charge in [0.25, 0.3) is 5.91 Å². The van der Waals surface area contributed by atoms with Crippen LogP contribution in [0.5, 0.6) is 11.5 Å². The minimum absolute atomic E-state index is 0.129. The van der Waals surface area contributed by atoms with Crippen molar-refractivity contribution < 1.29 is 19.4 Å². The predicted molar refractivity (Wildman–Crippen MR) is 94.4 cm³/mol. The number of hydrogen-bond donors (Lipinski definition) is 2. The van der Waals surface area contributed by atoms with Gasteiger partial charge in [0.1, 0.15) is 11.5 Å². The Labute approximate surface area is 148 Å². The molecule has 2 amide bonds. The maximum absolute atomic E-state index is 12.3. The molecule has 2 aromatic rings. The van der Waals surface area contributed by atoms with Crippen LogP contribution in [0, 0.1) is 0 Å². The van der Waals surface area contributed by atoms with Crippen LogP contribution < -0.4 is 10.1 Å². The number of anilines is 1. The number of rotatable bonds is 5. The topological polar surface area (TPSA) is 78.9 Å². The van der Waals surface area contributed by atoms with Gasteiger partial charge >= 0.3 is 0 Å². The number of hydrogen-bond acceptors (Lipinski definition) is 4. The Morgan fingerprint density at radius 2 is 1.88 bits per heavy atom. The van der Waals surface area contributed by atoms with Gasteiger partial charge in [0.2, 0.25) is 5.91 Å². The van der Waals surface area contributed by atoms with Crippen LogP contribution in [-0.2, 0) is 4.79 Å². The lowest BCUT2D eigenvalue weighted by molar-refractivity contribution is -0.116. The zero-order valence-corrected chi connectivity index (χ0v) is 14.8. The maximum atomic E-state index is 12.3. The van der Waals surface area contributed by atoms with Gasteiger partial charge in [-0.3, -0.25) is 9.59 Å². The molecule has 0 fully saturated rings. The van der Waals surface area contributed by atoms with Crippen molar-refractivity contribution in [2.75, 3.05) is 26.0 Å². The molecule has 0 unspecified atom stereocenters. The van der Waals surface area contributed by atoms with E-state index in [1.807, 2.05) is 0 Å². The van der Waals surface area contributed by atoms with E-state index in [1.54, 1.807) is 37.4 Å². The van der Waals surface area contributed by atoms with Crippen LogP contribution in [0.4, 0.5) is 5.69 Å². The first-order chi connectivity index (χ1) is 11.4. The fraction of sp³-hybridized carbons (Fsp3) is 0.176. The summed E-state index contributed by atoms with van der Waals surface area (Å²) in [6.07, 6.45) is 0. The summed E-state index contributed by atoms with van der Waals surface area (Å²) < 4.78 is 5.71. The summed E-state index contributed by atoms with van der Waals surface area (Å²) >= 11 is 3.25. The van der Waals surface area contributed by atoms with Crippen LogP contribution in [0.25, 0.3) is 0 Å². The largest absolute Gasteiger partial charge is 0.507 e. The number of likely N-dealkylation sites (N-methyl/N-ethyl adjacent to an activating group) is 1. The van der Waals surface area contributed by atoms with Crippen molar-refractivity contribution in [2.24, 2.45) is 0 Å². The number of aromatic hydroxyl groups is 1. The zero-order valence-electron chi connectivity index (χ0n) is 13.2. The number of carbonyl (C=O) groups is 2. The maximum Gasteiger partial charge on any atom is 0.257 e. The van der Waals surface area contributed by atoms with E-state index in [0.717, 1.165) is 0 Å². The van der Waals surface area contributed by atoms with Gasteiger partial charge in [-0.2, -0.15) is 0 Å². The van der Waals surface area contributed by atoms with Crippen LogP contribution in [0.2, 0.25) is 0 Å².